The molecule has 4 aromatic rings. The van der Waals surface area contributed by atoms with Crippen LogP contribution in [0.3, 0.4) is 0 Å². The number of carbonyl (C=O) groups is 12. The van der Waals surface area contributed by atoms with Gasteiger partial charge < -0.3 is 75.7 Å². The first-order valence-corrected chi connectivity index (χ1v) is 15.0. The van der Waals surface area contributed by atoms with Crippen LogP contribution in [0.4, 0.5) is 0 Å². The van der Waals surface area contributed by atoms with Gasteiger partial charge in [-0.05, 0) is 89.5 Å². The molecule has 0 aromatic heterocycles. The van der Waals surface area contributed by atoms with Crippen LogP contribution in [-0.4, -0.2) is 118 Å². The molecule has 0 radical (unpaired) electrons. The van der Waals surface area contributed by atoms with Crippen LogP contribution in [0.5, 0.6) is 0 Å². The molecule has 0 saturated heterocycles. The third-order valence-electron chi connectivity index (χ3n) is 6.66. The van der Waals surface area contributed by atoms with Crippen LogP contribution in [0.1, 0.15) is 124 Å². The van der Waals surface area contributed by atoms with Crippen molar-refractivity contribution in [2.75, 3.05) is 0 Å². The van der Waals surface area contributed by atoms with Crippen LogP contribution in [0, 0.1) is 120 Å². The number of hydrogen-bond acceptors (Lipinski definition) is 15. The van der Waals surface area contributed by atoms with Gasteiger partial charge in [0.2, 0.25) is 0 Å². The summed E-state index contributed by atoms with van der Waals surface area (Å²) >= 11 is 0. The number of hydrogen-bond donors (Lipinski definition) is 9. The summed E-state index contributed by atoms with van der Waals surface area (Å²) in [5.41, 5.74) is -4.99. The van der Waals surface area contributed by atoms with Gasteiger partial charge in [0.15, 0.2) is 0 Å². The summed E-state index contributed by atoms with van der Waals surface area (Å²) < 4.78 is 0. The van der Waals surface area contributed by atoms with E-state index in [1.807, 2.05) is 0 Å². The van der Waals surface area contributed by atoms with Gasteiger partial charge in [-0.15, -0.1) is 0 Å². The molecule has 0 amide bonds. The Labute approximate surface area is 444 Å². The Balaban J connectivity index is -0.000000750. The Hall–Kier alpha value is -5.51. The molecule has 4 rings (SSSR count). The molecule has 0 fully saturated rings. The van der Waals surface area contributed by atoms with E-state index in [9.17, 15) is 72.9 Å². The first-order valence-electron chi connectivity index (χ1n) is 15.0. The van der Waals surface area contributed by atoms with E-state index >= 15 is 0 Å². The van der Waals surface area contributed by atoms with Gasteiger partial charge in [-0.2, -0.15) is 0 Å². The van der Waals surface area contributed by atoms with Crippen molar-refractivity contribution in [1.29, 1.82) is 0 Å². The van der Waals surface area contributed by atoms with E-state index in [0.29, 0.717) is 0 Å². The quantitative estimate of drug-likeness (QED) is 0.0832. The van der Waals surface area contributed by atoms with Gasteiger partial charge in [-0.3, -0.25) is 0 Å². The maximum atomic E-state index is 10.6. The second-order valence-electron chi connectivity index (χ2n) is 10.8. The Morgan fingerprint density at radius 3 is 0.365 bits per heavy atom. The van der Waals surface area contributed by atoms with E-state index in [0.717, 1.165) is 72.8 Å². The third kappa shape index (κ3) is 20.5. The fourth-order valence-corrected chi connectivity index (χ4v) is 3.98. The predicted octanol–water partition coefficient (Wildman–Crippen LogP) is -0.879. The monoisotopic (exact) mass is 1530 g/mol. The van der Waals surface area contributed by atoms with E-state index in [2.05, 4.69) is 0 Å². The Morgan fingerprint density at radius 2 is 0.302 bits per heavy atom. The molecule has 9 N–H and O–H groups in total. The van der Waals surface area contributed by atoms with Gasteiger partial charge in [0.25, 0.3) is 0 Å². The van der Waals surface area contributed by atoms with Crippen molar-refractivity contribution in [2.24, 2.45) is 0 Å². The summed E-state index contributed by atoms with van der Waals surface area (Å²) in [6, 6.07) is 10.3. The zero-order chi connectivity index (χ0) is 46.3. The summed E-state index contributed by atoms with van der Waals surface area (Å²) in [5.74, 6) is -17.4. The van der Waals surface area contributed by atoms with Crippen molar-refractivity contribution in [2.45, 2.75) is 0 Å². The molecule has 0 heterocycles. The molecule has 324 valence electrons. The molecule has 24 nitrogen and oxygen atoms in total. The number of carboxylic acid groups (broad SMARTS) is 12. The van der Waals surface area contributed by atoms with E-state index in [4.69, 9.17) is 46.0 Å². The van der Waals surface area contributed by atoms with E-state index in [-0.39, 0.29) is 170 Å². The average molecular weight is 1530 g/mol. The summed E-state index contributed by atoms with van der Waals surface area (Å²) in [6.45, 7) is 0. The zero-order valence-electron chi connectivity index (χ0n) is 30.6. The van der Waals surface area contributed by atoms with E-state index < -0.39 is 88.3 Å². The van der Waals surface area contributed by atoms with Crippen molar-refractivity contribution in [3.05, 3.63) is 140 Å². The van der Waals surface area contributed by atoms with E-state index in [1.165, 1.54) is 0 Å². The first-order chi connectivity index (χ1) is 27.7. The van der Waals surface area contributed by atoms with Crippen molar-refractivity contribution >= 4 is 71.6 Å². The molecule has 0 aliphatic rings. The number of benzene rings is 4. The third-order valence-corrected chi connectivity index (χ3v) is 6.66. The largest absolute Gasteiger partial charge is 0.545 e. The number of aromatic carboxylic acids is 12. The molecule has 4 aromatic carbocycles. The maximum absolute atomic E-state index is 10.6. The van der Waals surface area contributed by atoms with Gasteiger partial charge in [0.05, 0.1) is 68.0 Å². The molecule has 27 heteroatoms. The van der Waals surface area contributed by atoms with Gasteiger partial charge in [0, 0.05) is 120 Å². The fraction of sp³-hybridized carbons (Fsp3) is 0. The summed E-state index contributed by atoms with van der Waals surface area (Å²) in [4.78, 5) is 126. The zero-order valence-corrected chi connectivity index (χ0v) is 42.9. The molecular weight excluding hydrogens is 1510 g/mol. The summed E-state index contributed by atoms with van der Waals surface area (Å²) in [6.07, 6.45) is 0. The van der Waals surface area contributed by atoms with Gasteiger partial charge in [0.1, 0.15) is 0 Å². The molecule has 0 spiro atoms. The molecular formula is C36H21O24Th3-3. The van der Waals surface area contributed by atoms with Crippen LogP contribution in [-0.2, 0) is 0 Å². The fourth-order valence-electron chi connectivity index (χ4n) is 3.98. The standard InChI is InChI=1S/4C9H6O6.3Th/c4*10-7(11)4-1-5(8(12)13)3-6(2-4)9(14)15;;;/h4*1-3H,(H,10,11)(H,12,13)(H,14,15);;;/p-3. The van der Waals surface area contributed by atoms with Crippen molar-refractivity contribution < 1.29 is 239 Å². The molecule has 63 heavy (non-hydrogen) atoms. The van der Waals surface area contributed by atoms with Gasteiger partial charge in [-0.1, -0.05) is 0 Å². The van der Waals surface area contributed by atoms with Crippen LogP contribution < -0.4 is 15.3 Å². The number of carboxylic acids is 12. The smallest absolute Gasteiger partial charge is 0.335 e. The number of carbonyl (C=O) groups excluding carboxylic acids is 3. The number of rotatable bonds is 12. The van der Waals surface area contributed by atoms with Crippen molar-refractivity contribution in [3.8, 4) is 0 Å². The first kappa shape index (κ1) is 61.8. The summed E-state index contributed by atoms with van der Waals surface area (Å²) in [5, 5.41) is 109. The topological polar surface area (TPSA) is 456 Å². The van der Waals surface area contributed by atoms with Crippen LogP contribution in [0.25, 0.3) is 0 Å². The van der Waals surface area contributed by atoms with Crippen LogP contribution in [0.15, 0.2) is 72.8 Å². The van der Waals surface area contributed by atoms with Crippen molar-refractivity contribution in [3.63, 3.8) is 0 Å². The molecule has 0 unspecified atom stereocenters. The molecule has 0 bridgehead atoms. The van der Waals surface area contributed by atoms with Crippen LogP contribution >= 0.6 is 0 Å². The van der Waals surface area contributed by atoms with Crippen LogP contribution in [0.2, 0.25) is 0 Å². The Bertz CT molecular complexity index is 1840. The molecule has 0 aliphatic carbocycles. The Morgan fingerprint density at radius 1 is 0.222 bits per heavy atom. The van der Waals surface area contributed by atoms with Gasteiger partial charge >= 0.3 is 53.7 Å². The van der Waals surface area contributed by atoms with Gasteiger partial charge in [-0.25, -0.2) is 43.2 Å². The predicted molar refractivity (Wildman–Crippen MR) is 181 cm³/mol. The summed E-state index contributed by atoms with van der Waals surface area (Å²) in [7, 11) is 0. The van der Waals surface area contributed by atoms with E-state index in [1.54, 1.807) is 0 Å². The molecule has 0 atom stereocenters. The molecule has 0 aliphatic heterocycles. The second-order valence-corrected chi connectivity index (χ2v) is 10.8. The second kappa shape index (κ2) is 28.2. The molecule has 0 saturated carbocycles. The minimum atomic E-state index is -1.68. The van der Waals surface area contributed by atoms with Crippen molar-refractivity contribution in [1.82, 2.24) is 0 Å². The maximum Gasteiger partial charge on any atom is 0.335 e. The normalized spacial score (nSPS) is 9.14. The Kier molecular flexibility index (Phi) is 27.7. The average Bonchev–Trinajstić information content (AvgIpc) is 3.17. The minimum Gasteiger partial charge on any atom is -0.545 e. The minimum absolute atomic E-state index is 0. The SMILES string of the molecule is O=C(O)c1cc(C(=O)O)cc(C(=O)O)c1.O=C(O)c1cc(C(=O)O)cc(C(=O)O)c1.O=C(O)c1cc(C(=O)O)cc(C(=O)O)c1.O=C([O-])c1cc(C(=O)[O-])cc(C(=O)[O-])c1.[Th].[Th].[Th].